The SMILES string of the molecule is O=Cc1ccccc1CC(=O)Cc1ccccc1C(=O)O. The van der Waals surface area contributed by atoms with Gasteiger partial charge in [-0.25, -0.2) is 4.79 Å². The predicted octanol–water partition coefficient (Wildman–Crippen LogP) is 2.55. The summed E-state index contributed by atoms with van der Waals surface area (Å²) in [5.74, 6) is -1.18. The first-order chi connectivity index (χ1) is 10.1. The van der Waals surface area contributed by atoms with Crippen LogP contribution in [0.4, 0.5) is 0 Å². The molecule has 4 heteroatoms. The summed E-state index contributed by atoms with van der Waals surface area (Å²) in [6, 6.07) is 13.3. The molecule has 0 aliphatic heterocycles. The number of aldehydes is 1. The van der Waals surface area contributed by atoms with Crippen LogP contribution in [-0.2, 0) is 17.6 Å². The predicted molar refractivity (Wildman–Crippen MR) is 77.6 cm³/mol. The van der Waals surface area contributed by atoms with Crippen molar-refractivity contribution in [2.24, 2.45) is 0 Å². The Morgan fingerprint density at radius 2 is 1.48 bits per heavy atom. The molecule has 0 aliphatic rings. The number of aromatic carboxylic acids is 1. The van der Waals surface area contributed by atoms with Gasteiger partial charge >= 0.3 is 5.97 Å². The molecule has 0 fully saturated rings. The third-order valence-electron chi connectivity index (χ3n) is 3.21. The molecule has 0 spiro atoms. The standard InChI is InChI=1S/C17H14O4/c18-11-14-7-2-1-5-12(14)9-15(19)10-13-6-3-4-8-16(13)17(20)21/h1-8,11H,9-10H2,(H,20,21). The number of carboxylic acids is 1. The molecule has 2 rings (SSSR count). The number of ketones is 1. The van der Waals surface area contributed by atoms with Crippen LogP contribution in [0.1, 0.15) is 31.8 Å². The van der Waals surface area contributed by atoms with Gasteiger partial charge in [-0.1, -0.05) is 42.5 Å². The van der Waals surface area contributed by atoms with Crippen molar-refractivity contribution in [3.63, 3.8) is 0 Å². The topological polar surface area (TPSA) is 71.4 Å². The van der Waals surface area contributed by atoms with Crippen LogP contribution >= 0.6 is 0 Å². The number of rotatable bonds is 6. The first kappa shape index (κ1) is 14.7. The lowest BCUT2D eigenvalue weighted by Crippen LogP contribution is -2.11. The molecule has 0 radical (unpaired) electrons. The summed E-state index contributed by atoms with van der Waals surface area (Å²) < 4.78 is 0. The second-order valence-corrected chi connectivity index (χ2v) is 4.67. The number of hydrogen-bond acceptors (Lipinski definition) is 3. The molecule has 0 aliphatic carbocycles. The van der Waals surface area contributed by atoms with Crippen LogP contribution in [0.15, 0.2) is 48.5 Å². The second-order valence-electron chi connectivity index (χ2n) is 4.67. The molecule has 0 saturated carbocycles. The van der Waals surface area contributed by atoms with Crippen LogP contribution in [0.3, 0.4) is 0 Å². The van der Waals surface area contributed by atoms with Crippen molar-refractivity contribution >= 4 is 18.0 Å². The molecular weight excluding hydrogens is 268 g/mol. The Morgan fingerprint density at radius 3 is 2.14 bits per heavy atom. The van der Waals surface area contributed by atoms with Gasteiger partial charge in [0.15, 0.2) is 0 Å². The van der Waals surface area contributed by atoms with Gasteiger partial charge in [-0.2, -0.15) is 0 Å². The summed E-state index contributed by atoms with van der Waals surface area (Å²) in [5.41, 5.74) is 1.76. The number of hydrogen-bond donors (Lipinski definition) is 1. The Labute approximate surface area is 122 Å². The molecule has 0 heterocycles. The summed E-state index contributed by atoms with van der Waals surface area (Å²) in [6.07, 6.45) is 0.867. The van der Waals surface area contributed by atoms with Crippen molar-refractivity contribution in [1.29, 1.82) is 0 Å². The Balaban J connectivity index is 2.16. The van der Waals surface area contributed by atoms with E-state index >= 15 is 0 Å². The lowest BCUT2D eigenvalue weighted by atomic mass is 9.97. The lowest BCUT2D eigenvalue weighted by molar-refractivity contribution is -0.117. The average molecular weight is 282 g/mol. The van der Waals surface area contributed by atoms with Gasteiger partial charge in [0.25, 0.3) is 0 Å². The van der Waals surface area contributed by atoms with Gasteiger partial charge in [0.05, 0.1) is 5.56 Å². The Kier molecular flexibility index (Phi) is 4.61. The number of carbonyl (C=O) groups is 3. The van der Waals surface area contributed by atoms with Gasteiger partial charge in [-0.3, -0.25) is 9.59 Å². The van der Waals surface area contributed by atoms with E-state index in [2.05, 4.69) is 0 Å². The molecule has 0 atom stereocenters. The molecule has 106 valence electrons. The Hall–Kier alpha value is -2.75. The molecule has 0 unspecified atom stereocenters. The second kappa shape index (κ2) is 6.61. The minimum atomic E-state index is -1.05. The molecule has 1 N–H and O–H groups in total. The Morgan fingerprint density at radius 1 is 0.905 bits per heavy atom. The van der Waals surface area contributed by atoms with E-state index in [1.807, 2.05) is 0 Å². The lowest BCUT2D eigenvalue weighted by Gasteiger charge is -2.06. The molecule has 0 aromatic heterocycles. The minimum Gasteiger partial charge on any atom is -0.478 e. The normalized spacial score (nSPS) is 10.1. The van der Waals surface area contributed by atoms with Gasteiger partial charge < -0.3 is 5.11 Å². The van der Waals surface area contributed by atoms with Crippen LogP contribution < -0.4 is 0 Å². The highest BCUT2D eigenvalue weighted by atomic mass is 16.4. The molecule has 2 aromatic carbocycles. The largest absolute Gasteiger partial charge is 0.478 e. The molecular formula is C17H14O4. The van der Waals surface area contributed by atoms with Crippen molar-refractivity contribution in [3.8, 4) is 0 Å². The maximum atomic E-state index is 12.1. The van der Waals surface area contributed by atoms with Crippen molar-refractivity contribution in [2.45, 2.75) is 12.8 Å². The molecule has 2 aromatic rings. The van der Waals surface area contributed by atoms with E-state index in [0.29, 0.717) is 23.0 Å². The van der Waals surface area contributed by atoms with Gasteiger partial charge in [-0.15, -0.1) is 0 Å². The first-order valence-electron chi connectivity index (χ1n) is 6.48. The minimum absolute atomic E-state index is 0.0374. The number of benzene rings is 2. The Bertz CT molecular complexity index is 689. The summed E-state index contributed by atoms with van der Waals surface area (Å²) in [4.78, 5) is 34.1. The highest BCUT2D eigenvalue weighted by Gasteiger charge is 2.13. The highest BCUT2D eigenvalue weighted by Crippen LogP contribution is 2.13. The fourth-order valence-electron chi connectivity index (χ4n) is 2.18. The fourth-order valence-corrected chi connectivity index (χ4v) is 2.18. The van der Waals surface area contributed by atoms with Crippen molar-refractivity contribution in [3.05, 3.63) is 70.8 Å². The zero-order valence-corrected chi connectivity index (χ0v) is 11.3. The summed E-state index contributed by atoms with van der Waals surface area (Å²) in [6.45, 7) is 0. The molecule has 0 saturated heterocycles. The molecule has 4 nitrogen and oxygen atoms in total. The maximum absolute atomic E-state index is 12.1. The molecule has 0 bridgehead atoms. The smallest absolute Gasteiger partial charge is 0.335 e. The van der Waals surface area contributed by atoms with Crippen LogP contribution in [0.2, 0.25) is 0 Å². The monoisotopic (exact) mass is 282 g/mol. The van der Waals surface area contributed by atoms with Crippen LogP contribution in [-0.4, -0.2) is 23.1 Å². The number of Topliss-reactive ketones (excluding diaryl/α,β-unsaturated/α-hetero) is 1. The van der Waals surface area contributed by atoms with Crippen LogP contribution in [0, 0.1) is 0 Å². The van der Waals surface area contributed by atoms with Gasteiger partial charge in [-0.05, 0) is 17.2 Å². The summed E-state index contributed by atoms with van der Waals surface area (Å²) in [5, 5.41) is 9.09. The number of carboxylic acid groups (broad SMARTS) is 1. The van der Waals surface area contributed by atoms with Crippen molar-refractivity contribution in [2.75, 3.05) is 0 Å². The highest BCUT2D eigenvalue weighted by molar-refractivity contribution is 5.93. The third-order valence-corrected chi connectivity index (χ3v) is 3.21. The van der Waals surface area contributed by atoms with Gasteiger partial charge in [0.2, 0.25) is 0 Å². The van der Waals surface area contributed by atoms with E-state index in [0.717, 1.165) is 0 Å². The average Bonchev–Trinajstić information content (AvgIpc) is 2.48. The maximum Gasteiger partial charge on any atom is 0.335 e. The van der Waals surface area contributed by atoms with E-state index in [1.165, 1.54) is 6.07 Å². The zero-order chi connectivity index (χ0) is 15.2. The quantitative estimate of drug-likeness (QED) is 0.826. The fraction of sp³-hybridized carbons (Fsp3) is 0.118. The van der Waals surface area contributed by atoms with Crippen molar-refractivity contribution in [1.82, 2.24) is 0 Å². The summed E-state index contributed by atoms with van der Waals surface area (Å²) in [7, 11) is 0. The first-order valence-corrected chi connectivity index (χ1v) is 6.48. The molecule has 21 heavy (non-hydrogen) atoms. The van der Waals surface area contributed by atoms with E-state index in [9.17, 15) is 14.4 Å². The van der Waals surface area contributed by atoms with E-state index in [1.54, 1.807) is 42.5 Å². The van der Waals surface area contributed by atoms with E-state index in [4.69, 9.17) is 5.11 Å². The van der Waals surface area contributed by atoms with E-state index < -0.39 is 5.97 Å². The van der Waals surface area contributed by atoms with Crippen molar-refractivity contribution < 1.29 is 19.5 Å². The third kappa shape index (κ3) is 3.63. The van der Waals surface area contributed by atoms with Crippen LogP contribution in [0.25, 0.3) is 0 Å². The summed E-state index contributed by atoms with van der Waals surface area (Å²) >= 11 is 0. The van der Waals surface area contributed by atoms with E-state index in [-0.39, 0.29) is 24.2 Å². The zero-order valence-electron chi connectivity index (χ0n) is 11.3. The van der Waals surface area contributed by atoms with Gasteiger partial charge in [0.1, 0.15) is 12.1 Å². The molecule has 0 amide bonds. The number of carbonyl (C=O) groups excluding carboxylic acids is 2. The van der Waals surface area contributed by atoms with Gasteiger partial charge in [0, 0.05) is 18.4 Å². The van der Waals surface area contributed by atoms with Crippen LogP contribution in [0.5, 0.6) is 0 Å².